The highest BCUT2D eigenvalue weighted by Crippen LogP contribution is 2.40. The predicted octanol–water partition coefficient (Wildman–Crippen LogP) is 26.0. The average molecular weight is 2250 g/mol. The molecule has 766 valence electrons. The van der Waals surface area contributed by atoms with Crippen molar-refractivity contribution in [1.29, 1.82) is 0 Å². The van der Waals surface area contributed by atoms with Crippen molar-refractivity contribution in [1.82, 2.24) is 9.13 Å². The summed E-state index contributed by atoms with van der Waals surface area (Å²) >= 11 is 14.1. The van der Waals surface area contributed by atoms with Crippen molar-refractivity contribution in [2.24, 2.45) is 14.1 Å². The number of halogens is 17. The maximum atomic E-state index is 14.4. The number of rotatable bonds is 18. The summed E-state index contributed by atoms with van der Waals surface area (Å²) in [5.74, 6) is -8.20. The van der Waals surface area contributed by atoms with E-state index in [1.54, 1.807) is 99.3 Å². The number of aryl methyl sites for hydroxylation is 2. The van der Waals surface area contributed by atoms with E-state index in [1.807, 2.05) is 82.3 Å². The number of pyridine rings is 2. The molecule has 3 heterocycles. The molecule has 148 heavy (non-hydrogen) atoms. The van der Waals surface area contributed by atoms with Gasteiger partial charge in [0.15, 0.2) is 0 Å². The molecule has 20 nitrogen and oxygen atoms in total. The number of hydrogen-bond acceptors (Lipinski definition) is 15. The Hall–Kier alpha value is -15.1. The summed E-state index contributed by atoms with van der Waals surface area (Å²) in [6.07, 6.45) is 7.11. The zero-order valence-electron chi connectivity index (χ0n) is 79.8. The van der Waals surface area contributed by atoms with Crippen LogP contribution < -0.4 is 44.8 Å². The van der Waals surface area contributed by atoms with Crippen molar-refractivity contribution < 1.29 is 90.9 Å². The number of nitro groups is 2. The van der Waals surface area contributed by atoms with Gasteiger partial charge in [-0.3, -0.25) is 39.4 Å². The average Bonchev–Trinajstić information content (AvgIpc) is 1.70. The Morgan fingerprint density at radius 1 is 0.392 bits per heavy atom. The number of aliphatic hydroxyl groups is 1. The van der Waals surface area contributed by atoms with Gasteiger partial charge in [0.25, 0.3) is 22.5 Å². The maximum absolute atomic E-state index is 14.4. The topological polar surface area (TPSA) is 319 Å². The van der Waals surface area contributed by atoms with E-state index in [0.29, 0.717) is 84.2 Å². The van der Waals surface area contributed by atoms with Crippen molar-refractivity contribution in [3.05, 3.63) is 490 Å². The number of non-ortho nitro benzene ring substituents is 2. The summed E-state index contributed by atoms with van der Waals surface area (Å²) < 4.78 is 188. The van der Waals surface area contributed by atoms with E-state index in [-0.39, 0.29) is 57.8 Å². The Kier molecular flexibility index (Phi) is 41.9. The van der Waals surface area contributed by atoms with Gasteiger partial charge in [-0.05, 0) is 266 Å². The number of carbonyl (C=O) groups is 2. The Bertz CT molecular complexity index is 7680. The normalized spacial score (nSPS) is 11.7. The number of amides is 1. The van der Waals surface area contributed by atoms with Crippen molar-refractivity contribution >= 4 is 144 Å². The van der Waals surface area contributed by atoms with Gasteiger partial charge in [-0.1, -0.05) is 142 Å². The molecule has 1 saturated heterocycles. The molecule has 1 aliphatic rings. The Balaban J connectivity index is 0.000000195. The lowest BCUT2D eigenvalue weighted by molar-refractivity contribution is -0.385. The third-order valence-electron chi connectivity index (χ3n) is 22.7. The molecule has 16 aromatic rings. The predicted molar refractivity (Wildman–Crippen MR) is 565 cm³/mol. The Morgan fingerprint density at radius 2 is 0.703 bits per heavy atom. The maximum Gasteiger partial charge on any atom is 0.495 e. The van der Waals surface area contributed by atoms with Crippen molar-refractivity contribution in [3.63, 3.8) is 0 Å². The van der Waals surface area contributed by atoms with Crippen LogP contribution in [-0.2, 0) is 65.1 Å². The number of allylic oxidation sites excluding steroid dienone is 1. The van der Waals surface area contributed by atoms with Crippen LogP contribution in [0.1, 0.15) is 83.3 Å². The standard InChI is InChI=1S/C26H20F2N2O2.C23H18F2N2O.C19H22BF2NO2.C13H8BrF2NO2.C13H10BrF2N.C6H3BrFNO2.C6H5F2N.C3H3ClO.CH4O/c1-3-25(31)29-19-11-9-16(12-17-8-10-18(27)13-24(17)28)22(14-19)23-15-30(2)26(32)21-7-5-4-6-20(21)23;1-27-13-21(18-4-2-3-5-19(18)23(27)28)20-12-17(26)9-7-14(20)10-15-6-8-16(24)11-22(15)25;1-18(2)19(3,4)25-20(24-18)16-11-15(23)8-6-12(16)9-13-5-7-14(21)10-17(13)22;14-12-7-11(17(18)19)4-2-8(12)5-9-1-3-10(15)6-13(9)16;14-12-7-11(17)4-2-8(12)5-9-1-3-10(15)6-13(9)16;7-5-3-4(9(10)11)1-2-6(5)8;7-4-1-2-6(9)5(8)3-4;1-2-3(4)5;1-2/h3-11,13-15H,1,12H2,2H3,(H,29,31);2-9,11-13H,10,26H2,1H3;5-8,10-11H,9,23H2,1-4H3;1-4,6-7H,5H2;1-4,6-7H,5,17H2;1-3H;1-3H,9H2;2H,1H2;2H,1H3. The van der Waals surface area contributed by atoms with Crippen LogP contribution in [0.4, 0.5) is 96.9 Å². The number of aromatic nitrogens is 2. The van der Waals surface area contributed by atoms with Gasteiger partial charge in [-0.25, -0.2) is 57.1 Å². The Morgan fingerprint density at radius 3 is 1.06 bits per heavy atom. The number of benzene rings is 14. The highest BCUT2D eigenvalue weighted by molar-refractivity contribution is 9.11. The molecule has 0 radical (unpaired) electrons. The van der Waals surface area contributed by atoms with E-state index in [0.717, 1.165) is 139 Å². The van der Waals surface area contributed by atoms with E-state index < -0.39 is 109 Å². The van der Waals surface area contributed by atoms with Crippen molar-refractivity contribution in [2.45, 2.75) is 71.0 Å². The van der Waals surface area contributed by atoms with Gasteiger partial charge in [0.2, 0.25) is 11.1 Å². The third kappa shape index (κ3) is 32.2. The fourth-order valence-electron chi connectivity index (χ4n) is 14.4. The Labute approximate surface area is 871 Å². The highest BCUT2D eigenvalue weighted by Gasteiger charge is 2.52. The zero-order chi connectivity index (χ0) is 109. The molecular formula is C110H93BBr3ClF13N9O11. The van der Waals surface area contributed by atoms with Crippen LogP contribution in [-0.4, -0.2) is 60.7 Å². The van der Waals surface area contributed by atoms with E-state index in [9.17, 15) is 96.5 Å². The molecule has 0 atom stereocenters. The van der Waals surface area contributed by atoms with Gasteiger partial charge in [0, 0.05) is 174 Å². The number of nitrogens with two attached hydrogens (primary N) is 4. The molecule has 17 rings (SSSR count). The van der Waals surface area contributed by atoms with Gasteiger partial charge < -0.3 is 51.8 Å². The van der Waals surface area contributed by atoms with Crippen LogP contribution in [0.3, 0.4) is 0 Å². The minimum atomic E-state index is -0.713. The molecule has 10 N–H and O–H groups in total. The molecule has 0 unspecified atom stereocenters. The fraction of sp³-hybridized carbons (Fsp3) is 0.127. The molecule has 0 aliphatic carbocycles. The molecule has 0 spiro atoms. The van der Waals surface area contributed by atoms with Gasteiger partial charge in [-0.15, -0.1) is 0 Å². The second-order valence-corrected chi connectivity index (χ2v) is 36.4. The van der Waals surface area contributed by atoms with Crippen LogP contribution in [0.25, 0.3) is 43.8 Å². The molecule has 2 aromatic heterocycles. The molecule has 1 amide bonds. The molecule has 1 aliphatic heterocycles. The summed E-state index contributed by atoms with van der Waals surface area (Å²) in [4.78, 5) is 66.0. The molecule has 0 saturated carbocycles. The molecular weight excluding hydrogens is 2160 g/mol. The monoisotopic (exact) mass is 2250 g/mol. The molecule has 0 bridgehead atoms. The quantitative estimate of drug-likeness (QED) is 0.00884. The van der Waals surface area contributed by atoms with Gasteiger partial charge in [0.05, 0.1) is 31.2 Å². The number of fused-ring (bicyclic) bond motifs is 2. The van der Waals surface area contributed by atoms with E-state index >= 15 is 0 Å². The highest BCUT2D eigenvalue weighted by atomic mass is 79.9. The first kappa shape index (κ1) is 116. The van der Waals surface area contributed by atoms with Crippen LogP contribution in [0.15, 0.2) is 328 Å². The van der Waals surface area contributed by atoms with Crippen molar-refractivity contribution in [2.75, 3.05) is 35.4 Å². The van der Waals surface area contributed by atoms with E-state index in [1.165, 1.54) is 94.1 Å². The van der Waals surface area contributed by atoms with Crippen LogP contribution in [0.5, 0.6) is 0 Å². The number of anilines is 5. The van der Waals surface area contributed by atoms with Crippen molar-refractivity contribution in [3.8, 4) is 22.3 Å². The second-order valence-electron chi connectivity index (χ2n) is 33.5. The number of nitro benzene ring substituents is 2. The number of hydrogen-bond donors (Lipinski definition) is 6. The van der Waals surface area contributed by atoms with Crippen LogP contribution >= 0.6 is 59.4 Å². The lowest BCUT2D eigenvalue weighted by atomic mass is 9.74. The lowest BCUT2D eigenvalue weighted by Crippen LogP contribution is -2.41. The molecule has 14 aromatic carbocycles. The SMILES string of the molecule is C=CC(=O)Cl.C=CC(=O)Nc1ccc(Cc2ccc(F)cc2F)c(-c2cn(C)c(=O)c3ccccc23)c1.CC1(C)OB(c2cc(N)ccc2Cc2ccc(F)cc2F)OC1(C)C.CO.Cn1cc(-c2cc(N)ccc2Cc2ccc(F)cc2F)c2ccccc2c1=O.Nc1ccc(Cc2ccc(F)cc2F)c(Br)c1.Nc1ccc(F)cc1F.O=[N+]([O-])c1ccc(Cc2ccc(F)cc2F)c(Br)c1.O=[N+]([O-])c1ccc(F)c(Br)c1. The number of nitrogens with one attached hydrogen (secondary N) is 1. The lowest BCUT2D eigenvalue weighted by Gasteiger charge is -2.32. The van der Waals surface area contributed by atoms with Crippen LogP contribution in [0.2, 0.25) is 0 Å². The number of nitrogens with zero attached hydrogens (tertiary/aromatic N) is 4. The largest absolute Gasteiger partial charge is 0.495 e. The minimum absolute atomic E-state index is 0.0311. The van der Waals surface area contributed by atoms with Gasteiger partial charge >= 0.3 is 7.12 Å². The van der Waals surface area contributed by atoms with Crippen LogP contribution in [0, 0.1) is 95.9 Å². The smallest absolute Gasteiger partial charge is 0.400 e. The summed E-state index contributed by atoms with van der Waals surface area (Å²) in [7, 11) is 3.78. The van der Waals surface area contributed by atoms with E-state index in [2.05, 4.69) is 66.3 Å². The van der Waals surface area contributed by atoms with Gasteiger partial charge in [-0.2, -0.15) is 0 Å². The molecule has 1 fully saturated rings. The van der Waals surface area contributed by atoms with Gasteiger partial charge in [0.1, 0.15) is 75.6 Å². The first-order chi connectivity index (χ1) is 70.0. The number of nitrogen functional groups attached to an aromatic ring is 4. The summed E-state index contributed by atoms with van der Waals surface area (Å²) in [6.45, 7) is 14.4. The summed E-state index contributed by atoms with van der Waals surface area (Å²) in [5.41, 5.74) is 33.4. The van der Waals surface area contributed by atoms with E-state index in [4.69, 9.17) is 49.0 Å². The second kappa shape index (κ2) is 53.3. The number of aliphatic hydroxyl groups excluding tert-OH is 1. The number of carbonyl (C=O) groups excluding carboxylic acids is 2. The fourth-order valence-corrected chi connectivity index (χ4v) is 15.8. The molecule has 38 heteroatoms. The zero-order valence-corrected chi connectivity index (χ0v) is 85.3. The first-order valence-electron chi connectivity index (χ1n) is 44.1. The summed E-state index contributed by atoms with van der Waals surface area (Å²) in [5, 5.41) is 32.6. The minimum Gasteiger partial charge on any atom is -0.400 e. The first-order valence-corrected chi connectivity index (χ1v) is 46.9. The summed E-state index contributed by atoms with van der Waals surface area (Å²) in [6, 6.07) is 64.2. The third-order valence-corrected chi connectivity index (χ3v) is 24.9.